The summed E-state index contributed by atoms with van der Waals surface area (Å²) in [5.74, 6) is 0.308. The molecule has 1 N–H and O–H groups in total. The van der Waals surface area contributed by atoms with Crippen LogP contribution in [0, 0.1) is 10.1 Å². The molecule has 0 bridgehead atoms. The van der Waals surface area contributed by atoms with Crippen LogP contribution in [0.1, 0.15) is 23.4 Å². The van der Waals surface area contributed by atoms with E-state index in [0.717, 1.165) is 11.6 Å². The van der Waals surface area contributed by atoms with Crippen molar-refractivity contribution in [3.63, 3.8) is 0 Å². The van der Waals surface area contributed by atoms with Crippen molar-refractivity contribution in [1.82, 2.24) is 10.3 Å². The molecular formula is C13H15N3O2S. The van der Waals surface area contributed by atoms with Crippen molar-refractivity contribution in [2.75, 3.05) is 6.54 Å². The summed E-state index contributed by atoms with van der Waals surface area (Å²) < 4.78 is 0. The van der Waals surface area contributed by atoms with E-state index in [0.29, 0.717) is 18.0 Å². The molecule has 0 spiro atoms. The van der Waals surface area contributed by atoms with Gasteiger partial charge in [-0.05, 0) is 0 Å². The van der Waals surface area contributed by atoms with Gasteiger partial charge >= 0.3 is 0 Å². The SMILES string of the molecule is CC(CNCc1ccccc1[N+](=O)[O-])c1nccs1. The molecule has 2 rings (SSSR count). The highest BCUT2D eigenvalue weighted by atomic mass is 32.1. The standard InChI is InChI=1S/C13H15N3O2S/c1-10(13-15-6-7-19-13)8-14-9-11-4-2-3-5-12(11)16(17)18/h2-7,10,14H,8-9H2,1H3. The number of nitrogens with zero attached hydrogens (tertiary/aromatic N) is 2. The number of hydrogen-bond donors (Lipinski definition) is 1. The van der Waals surface area contributed by atoms with E-state index >= 15 is 0 Å². The lowest BCUT2D eigenvalue weighted by Crippen LogP contribution is -2.20. The lowest BCUT2D eigenvalue weighted by Gasteiger charge is -2.10. The van der Waals surface area contributed by atoms with E-state index in [9.17, 15) is 10.1 Å². The number of hydrogen-bond acceptors (Lipinski definition) is 5. The Kier molecular flexibility index (Phi) is 4.59. The van der Waals surface area contributed by atoms with E-state index in [1.165, 1.54) is 6.07 Å². The maximum Gasteiger partial charge on any atom is 0.273 e. The van der Waals surface area contributed by atoms with Crippen molar-refractivity contribution < 1.29 is 4.92 Å². The predicted octanol–water partition coefficient (Wildman–Crippen LogP) is 2.94. The summed E-state index contributed by atoms with van der Waals surface area (Å²) in [5, 5.41) is 17.2. The van der Waals surface area contributed by atoms with E-state index in [2.05, 4.69) is 17.2 Å². The minimum Gasteiger partial charge on any atom is -0.312 e. The Balaban J connectivity index is 1.91. The van der Waals surface area contributed by atoms with Crippen LogP contribution < -0.4 is 5.32 Å². The van der Waals surface area contributed by atoms with Crippen LogP contribution in [0.4, 0.5) is 5.69 Å². The second-order valence-corrected chi connectivity index (χ2v) is 5.21. The summed E-state index contributed by atoms with van der Waals surface area (Å²) in [5.41, 5.74) is 0.871. The van der Waals surface area contributed by atoms with E-state index in [-0.39, 0.29) is 10.6 Å². The molecule has 1 aromatic carbocycles. The van der Waals surface area contributed by atoms with Crippen LogP contribution in [-0.2, 0) is 6.54 Å². The van der Waals surface area contributed by atoms with Gasteiger partial charge in [-0.15, -0.1) is 11.3 Å². The second kappa shape index (κ2) is 6.40. The third-order valence-electron chi connectivity index (χ3n) is 2.83. The molecule has 5 nitrogen and oxygen atoms in total. The molecule has 100 valence electrons. The summed E-state index contributed by atoms with van der Waals surface area (Å²) in [6, 6.07) is 6.80. The van der Waals surface area contributed by atoms with Gasteiger partial charge in [-0.2, -0.15) is 0 Å². The van der Waals surface area contributed by atoms with Gasteiger partial charge in [0.2, 0.25) is 0 Å². The number of para-hydroxylation sites is 1. The molecule has 1 aromatic heterocycles. The third kappa shape index (κ3) is 3.59. The molecular weight excluding hydrogens is 262 g/mol. The highest BCUT2D eigenvalue weighted by Gasteiger charge is 2.13. The monoisotopic (exact) mass is 277 g/mol. The van der Waals surface area contributed by atoms with Crippen LogP contribution in [0.2, 0.25) is 0 Å². The number of rotatable bonds is 6. The molecule has 0 aliphatic carbocycles. The number of nitrogens with one attached hydrogen (secondary N) is 1. The van der Waals surface area contributed by atoms with Crippen LogP contribution in [0.3, 0.4) is 0 Å². The number of nitro groups is 1. The first-order valence-electron chi connectivity index (χ1n) is 6.01. The quantitative estimate of drug-likeness (QED) is 0.651. The first-order chi connectivity index (χ1) is 9.18. The van der Waals surface area contributed by atoms with Crippen molar-refractivity contribution >= 4 is 17.0 Å². The molecule has 0 aliphatic rings. The lowest BCUT2D eigenvalue weighted by molar-refractivity contribution is -0.385. The molecule has 0 fully saturated rings. The van der Waals surface area contributed by atoms with Crippen molar-refractivity contribution in [2.45, 2.75) is 19.4 Å². The van der Waals surface area contributed by atoms with Gasteiger partial charge in [0, 0.05) is 42.2 Å². The predicted molar refractivity (Wildman–Crippen MR) is 75.3 cm³/mol. The van der Waals surface area contributed by atoms with E-state index in [1.54, 1.807) is 29.7 Å². The highest BCUT2D eigenvalue weighted by molar-refractivity contribution is 7.09. The number of aromatic nitrogens is 1. The molecule has 1 unspecified atom stereocenters. The summed E-state index contributed by atoms with van der Waals surface area (Å²) >= 11 is 1.63. The minimum atomic E-state index is -0.346. The van der Waals surface area contributed by atoms with Gasteiger partial charge in [-0.1, -0.05) is 25.1 Å². The van der Waals surface area contributed by atoms with Gasteiger partial charge in [-0.25, -0.2) is 4.98 Å². The molecule has 0 saturated heterocycles. The zero-order valence-corrected chi connectivity index (χ0v) is 11.4. The summed E-state index contributed by atoms with van der Waals surface area (Å²) in [6.45, 7) is 3.33. The Morgan fingerprint density at radius 1 is 1.47 bits per heavy atom. The van der Waals surface area contributed by atoms with Crippen LogP contribution in [0.25, 0.3) is 0 Å². The molecule has 0 aliphatic heterocycles. The Morgan fingerprint density at radius 3 is 2.95 bits per heavy atom. The summed E-state index contributed by atoms with van der Waals surface area (Å²) in [7, 11) is 0. The maximum atomic E-state index is 10.9. The van der Waals surface area contributed by atoms with E-state index in [4.69, 9.17) is 0 Å². The van der Waals surface area contributed by atoms with E-state index < -0.39 is 0 Å². The highest BCUT2D eigenvalue weighted by Crippen LogP contribution is 2.19. The topological polar surface area (TPSA) is 68.1 Å². The molecule has 1 heterocycles. The molecule has 0 radical (unpaired) electrons. The Bertz CT molecular complexity index is 543. The Labute approximate surface area is 115 Å². The molecule has 1 atom stereocenters. The van der Waals surface area contributed by atoms with Gasteiger partial charge in [0.05, 0.1) is 9.93 Å². The normalized spacial score (nSPS) is 12.3. The fraction of sp³-hybridized carbons (Fsp3) is 0.308. The van der Waals surface area contributed by atoms with Gasteiger partial charge in [0.1, 0.15) is 0 Å². The van der Waals surface area contributed by atoms with Gasteiger partial charge in [0.25, 0.3) is 5.69 Å². The smallest absolute Gasteiger partial charge is 0.273 e. The van der Waals surface area contributed by atoms with Crippen LogP contribution in [0.15, 0.2) is 35.8 Å². The van der Waals surface area contributed by atoms with Crippen LogP contribution in [0.5, 0.6) is 0 Å². The fourth-order valence-corrected chi connectivity index (χ4v) is 2.53. The largest absolute Gasteiger partial charge is 0.312 e. The lowest BCUT2D eigenvalue weighted by atomic mass is 10.1. The second-order valence-electron chi connectivity index (χ2n) is 4.29. The maximum absolute atomic E-state index is 10.9. The number of nitro benzene ring substituents is 1. The number of benzene rings is 1. The first-order valence-corrected chi connectivity index (χ1v) is 6.89. The summed E-state index contributed by atoms with van der Waals surface area (Å²) in [4.78, 5) is 14.8. The molecule has 0 amide bonds. The van der Waals surface area contributed by atoms with Gasteiger partial charge < -0.3 is 5.32 Å². The average molecular weight is 277 g/mol. The van der Waals surface area contributed by atoms with Gasteiger partial charge in [0.15, 0.2) is 0 Å². The Morgan fingerprint density at radius 2 is 2.26 bits per heavy atom. The third-order valence-corrected chi connectivity index (χ3v) is 3.83. The zero-order chi connectivity index (χ0) is 13.7. The van der Waals surface area contributed by atoms with Crippen molar-refractivity contribution in [2.24, 2.45) is 0 Å². The van der Waals surface area contributed by atoms with Crippen molar-refractivity contribution in [1.29, 1.82) is 0 Å². The molecule has 19 heavy (non-hydrogen) atoms. The summed E-state index contributed by atoms with van der Waals surface area (Å²) in [6.07, 6.45) is 1.79. The average Bonchev–Trinajstić information content (AvgIpc) is 2.93. The van der Waals surface area contributed by atoms with Crippen LogP contribution in [-0.4, -0.2) is 16.5 Å². The first kappa shape index (κ1) is 13.6. The molecule has 0 saturated carbocycles. The van der Waals surface area contributed by atoms with Crippen LogP contribution >= 0.6 is 11.3 Å². The fourth-order valence-electron chi connectivity index (χ4n) is 1.83. The number of thiazole rings is 1. The van der Waals surface area contributed by atoms with Crippen molar-refractivity contribution in [3.05, 3.63) is 56.5 Å². The van der Waals surface area contributed by atoms with Gasteiger partial charge in [-0.3, -0.25) is 10.1 Å². The zero-order valence-electron chi connectivity index (χ0n) is 10.6. The molecule has 6 heteroatoms. The molecule has 2 aromatic rings. The van der Waals surface area contributed by atoms with Crippen molar-refractivity contribution in [3.8, 4) is 0 Å². The minimum absolute atomic E-state index is 0.164. The van der Waals surface area contributed by atoms with E-state index in [1.807, 2.05) is 11.4 Å². The Hall–Kier alpha value is -1.79.